The Kier molecular flexibility index (Phi) is 7.15. The number of carboxylic acids is 1. The van der Waals surface area contributed by atoms with Crippen molar-refractivity contribution < 1.29 is 9.90 Å². The fraction of sp³-hybridized carbons (Fsp3) is 0.625. The van der Waals surface area contributed by atoms with Crippen LogP contribution in [0.4, 0.5) is 5.82 Å². The Morgan fingerprint density at radius 1 is 1.43 bits per heavy atom. The standard InChI is InChI=1S/C16H27N3O2/c1-5-7-14-10-13(16(20)21)11-15(18-14)17-8-9-19(4)12(3)6-2/h10-12H,5-9H2,1-4H3,(H,17,18)(H,20,21). The minimum Gasteiger partial charge on any atom is -0.478 e. The third-order valence-corrected chi connectivity index (χ3v) is 3.75. The summed E-state index contributed by atoms with van der Waals surface area (Å²) in [6.07, 6.45) is 2.86. The molecule has 0 aliphatic rings. The summed E-state index contributed by atoms with van der Waals surface area (Å²) >= 11 is 0. The Balaban J connectivity index is 2.67. The smallest absolute Gasteiger partial charge is 0.335 e. The SMILES string of the molecule is CCCc1cc(C(=O)O)cc(NCCN(C)C(C)CC)n1. The lowest BCUT2D eigenvalue weighted by Crippen LogP contribution is -2.32. The van der Waals surface area contributed by atoms with Gasteiger partial charge in [0, 0.05) is 24.8 Å². The number of pyridine rings is 1. The molecule has 1 rings (SSSR count). The Labute approximate surface area is 127 Å². The van der Waals surface area contributed by atoms with Gasteiger partial charge in [-0.2, -0.15) is 0 Å². The average Bonchev–Trinajstić information content (AvgIpc) is 2.46. The summed E-state index contributed by atoms with van der Waals surface area (Å²) in [5.74, 6) is -0.259. The van der Waals surface area contributed by atoms with Gasteiger partial charge in [-0.25, -0.2) is 9.78 Å². The molecule has 0 fully saturated rings. The van der Waals surface area contributed by atoms with Crippen molar-refractivity contribution in [2.24, 2.45) is 0 Å². The number of aryl methyl sites for hydroxylation is 1. The summed E-state index contributed by atoms with van der Waals surface area (Å²) in [4.78, 5) is 17.9. The lowest BCUT2D eigenvalue weighted by molar-refractivity contribution is 0.0696. The lowest BCUT2D eigenvalue weighted by Gasteiger charge is -2.23. The molecule has 1 heterocycles. The predicted octanol–water partition coefficient (Wildman–Crippen LogP) is 2.87. The molecule has 1 aromatic rings. The van der Waals surface area contributed by atoms with Gasteiger partial charge < -0.3 is 15.3 Å². The highest BCUT2D eigenvalue weighted by Crippen LogP contribution is 2.12. The Hall–Kier alpha value is -1.62. The third kappa shape index (κ3) is 5.71. The molecule has 5 heteroatoms. The van der Waals surface area contributed by atoms with Gasteiger partial charge in [-0.15, -0.1) is 0 Å². The van der Waals surface area contributed by atoms with Gasteiger partial charge in [0.15, 0.2) is 0 Å². The second-order valence-electron chi connectivity index (χ2n) is 5.45. The van der Waals surface area contributed by atoms with Crippen LogP contribution in [-0.4, -0.2) is 47.1 Å². The van der Waals surface area contributed by atoms with Crippen LogP contribution in [0.5, 0.6) is 0 Å². The highest BCUT2D eigenvalue weighted by atomic mass is 16.4. The van der Waals surface area contributed by atoms with Gasteiger partial charge in [-0.3, -0.25) is 0 Å². The molecule has 0 saturated carbocycles. The largest absolute Gasteiger partial charge is 0.478 e. The molecule has 1 atom stereocenters. The molecule has 0 aliphatic carbocycles. The molecule has 0 radical (unpaired) electrons. The molecule has 1 aromatic heterocycles. The van der Waals surface area contributed by atoms with Gasteiger partial charge in [0.2, 0.25) is 0 Å². The minimum absolute atomic E-state index is 0.297. The highest BCUT2D eigenvalue weighted by Gasteiger charge is 2.09. The fourth-order valence-electron chi connectivity index (χ4n) is 2.08. The molecule has 0 aliphatic heterocycles. The summed E-state index contributed by atoms with van der Waals surface area (Å²) in [6.45, 7) is 8.08. The van der Waals surface area contributed by atoms with E-state index in [2.05, 4.69) is 43.0 Å². The zero-order valence-corrected chi connectivity index (χ0v) is 13.5. The monoisotopic (exact) mass is 293 g/mol. The summed E-state index contributed by atoms with van der Waals surface area (Å²) in [7, 11) is 2.10. The van der Waals surface area contributed by atoms with E-state index in [1.165, 1.54) is 0 Å². The summed E-state index contributed by atoms with van der Waals surface area (Å²) < 4.78 is 0. The van der Waals surface area contributed by atoms with E-state index >= 15 is 0 Å². The van der Waals surface area contributed by atoms with Gasteiger partial charge in [-0.05, 0) is 38.9 Å². The van der Waals surface area contributed by atoms with Gasteiger partial charge in [-0.1, -0.05) is 20.3 Å². The molecule has 0 saturated heterocycles. The molecule has 5 nitrogen and oxygen atoms in total. The van der Waals surface area contributed by atoms with Crippen LogP contribution < -0.4 is 5.32 Å². The number of carbonyl (C=O) groups is 1. The molecule has 0 amide bonds. The van der Waals surface area contributed by atoms with Crippen molar-refractivity contribution in [3.05, 3.63) is 23.4 Å². The maximum absolute atomic E-state index is 11.2. The number of aromatic carboxylic acids is 1. The van der Waals surface area contributed by atoms with Gasteiger partial charge in [0.05, 0.1) is 5.56 Å². The fourth-order valence-corrected chi connectivity index (χ4v) is 2.08. The van der Waals surface area contributed by atoms with E-state index in [4.69, 9.17) is 5.11 Å². The molecule has 118 valence electrons. The maximum atomic E-state index is 11.2. The van der Waals surface area contributed by atoms with Crippen LogP contribution in [0.25, 0.3) is 0 Å². The number of hydrogen-bond acceptors (Lipinski definition) is 4. The van der Waals surface area contributed by atoms with Crippen molar-refractivity contribution in [3.63, 3.8) is 0 Å². The predicted molar refractivity (Wildman–Crippen MR) is 86.1 cm³/mol. The number of rotatable bonds is 9. The van der Waals surface area contributed by atoms with E-state index in [1.54, 1.807) is 12.1 Å². The topological polar surface area (TPSA) is 65.5 Å². The number of nitrogens with zero attached hydrogens (tertiary/aromatic N) is 2. The number of hydrogen-bond donors (Lipinski definition) is 2. The first-order valence-electron chi connectivity index (χ1n) is 7.66. The van der Waals surface area contributed by atoms with E-state index in [1.807, 2.05) is 0 Å². The normalized spacial score (nSPS) is 12.4. The zero-order valence-electron chi connectivity index (χ0n) is 13.5. The Morgan fingerprint density at radius 3 is 2.71 bits per heavy atom. The van der Waals surface area contributed by atoms with E-state index < -0.39 is 5.97 Å². The average molecular weight is 293 g/mol. The number of carboxylic acid groups (broad SMARTS) is 1. The van der Waals surface area contributed by atoms with Crippen LogP contribution in [0.15, 0.2) is 12.1 Å². The van der Waals surface area contributed by atoms with Crippen LogP contribution in [0, 0.1) is 0 Å². The van der Waals surface area contributed by atoms with Gasteiger partial charge in [0.1, 0.15) is 5.82 Å². The van der Waals surface area contributed by atoms with Gasteiger partial charge in [0.25, 0.3) is 0 Å². The quantitative estimate of drug-likeness (QED) is 0.733. The van der Waals surface area contributed by atoms with Crippen LogP contribution in [0.2, 0.25) is 0 Å². The molecular formula is C16H27N3O2. The first-order valence-corrected chi connectivity index (χ1v) is 7.66. The Morgan fingerprint density at radius 2 is 2.14 bits per heavy atom. The second kappa shape index (κ2) is 8.62. The van der Waals surface area contributed by atoms with Crippen LogP contribution in [0.3, 0.4) is 0 Å². The summed E-state index contributed by atoms with van der Waals surface area (Å²) in [5, 5.41) is 12.4. The lowest BCUT2D eigenvalue weighted by atomic mass is 10.1. The molecule has 0 aromatic carbocycles. The summed E-state index contributed by atoms with van der Waals surface area (Å²) in [5.41, 5.74) is 1.13. The number of aromatic nitrogens is 1. The molecule has 0 bridgehead atoms. The molecular weight excluding hydrogens is 266 g/mol. The van der Waals surface area contributed by atoms with Crippen LogP contribution in [0.1, 0.15) is 49.7 Å². The van der Waals surface area contributed by atoms with E-state index in [-0.39, 0.29) is 0 Å². The van der Waals surface area contributed by atoms with Gasteiger partial charge >= 0.3 is 5.97 Å². The maximum Gasteiger partial charge on any atom is 0.335 e. The van der Waals surface area contributed by atoms with Crippen molar-refractivity contribution in [3.8, 4) is 0 Å². The molecule has 21 heavy (non-hydrogen) atoms. The third-order valence-electron chi connectivity index (χ3n) is 3.75. The molecule has 1 unspecified atom stereocenters. The number of anilines is 1. The van der Waals surface area contributed by atoms with Crippen molar-refractivity contribution in [2.75, 3.05) is 25.5 Å². The van der Waals surface area contributed by atoms with Crippen molar-refractivity contribution >= 4 is 11.8 Å². The number of likely N-dealkylation sites (N-methyl/N-ethyl adjacent to an activating group) is 1. The van der Waals surface area contributed by atoms with Crippen molar-refractivity contribution in [1.29, 1.82) is 0 Å². The second-order valence-corrected chi connectivity index (χ2v) is 5.45. The van der Waals surface area contributed by atoms with E-state index in [9.17, 15) is 4.79 Å². The summed E-state index contributed by atoms with van der Waals surface area (Å²) in [6, 6.07) is 3.80. The molecule has 2 N–H and O–H groups in total. The Bertz CT molecular complexity index is 463. The zero-order chi connectivity index (χ0) is 15.8. The van der Waals surface area contributed by atoms with E-state index in [0.717, 1.165) is 38.0 Å². The number of nitrogens with one attached hydrogen (secondary N) is 1. The first-order chi connectivity index (χ1) is 9.97. The minimum atomic E-state index is -0.908. The first kappa shape index (κ1) is 17.4. The molecule has 0 spiro atoms. The van der Waals surface area contributed by atoms with Crippen molar-refractivity contribution in [2.45, 2.75) is 46.1 Å². The van der Waals surface area contributed by atoms with E-state index in [0.29, 0.717) is 17.4 Å². The van der Waals surface area contributed by atoms with Crippen LogP contribution in [-0.2, 0) is 6.42 Å². The highest BCUT2D eigenvalue weighted by molar-refractivity contribution is 5.88. The van der Waals surface area contributed by atoms with Crippen LogP contribution >= 0.6 is 0 Å². The van der Waals surface area contributed by atoms with Crippen molar-refractivity contribution in [1.82, 2.24) is 9.88 Å².